The standard InChI is InChI=1S/C29H38ClFN2O4/c1-21(2)18-22-20-37-27-13-6-5-10-23(27)29(35)32(16-17-36-3)14-7-4-8-15-33(22)28(34)19-24-25(30)11-9-12-26(24)31/h5-6,9-13,21-22H,4,7-8,14-20H2,1-3H3/t22-/m0/s1. The summed E-state index contributed by atoms with van der Waals surface area (Å²) >= 11 is 6.24. The summed E-state index contributed by atoms with van der Waals surface area (Å²) in [7, 11) is 1.62. The van der Waals surface area contributed by atoms with Crippen molar-refractivity contribution in [1.82, 2.24) is 9.80 Å². The zero-order valence-electron chi connectivity index (χ0n) is 22.1. The first-order valence-corrected chi connectivity index (χ1v) is 13.4. The molecule has 0 unspecified atom stereocenters. The summed E-state index contributed by atoms with van der Waals surface area (Å²) in [6.45, 7) is 6.49. The second kappa shape index (κ2) is 14.3. The molecule has 0 N–H and O–H groups in total. The summed E-state index contributed by atoms with van der Waals surface area (Å²) < 4.78 is 26.0. The van der Waals surface area contributed by atoms with E-state index < -0.39 is 5.82 Å². The van der Waals surface area contributed by atoms with Crippen molar-refractivity contribution in [1.29, 1.82) is 0 Å². The quantitative estimate of drug-likeness (QED) is 0.464. The molecule has 0 saturated carbocycles. The third-order valence-corrected chi connectivity index (χ3v) is 6.98. The molecule has 0 radical (unpaired) electrons. The number of methoxy groups -OCH3 is 1. The molecule has 8 heteroatoms. The van der Waals surface area contributed by atoms with Gasteiger partial charge in [0.1, 0.15) is 18.2 Å². The fourth-order valence-corrected chi connectivity index (χ4v) is 4.93. The van der Waals surface area contributed by atoms with Crippen LogP contribution in [0.3, 0.4) is 0 Å². The maximum Gasteiger partial charge on any atom is 0.257 e. The molecule has 0 aromatic heterocycles. The van der Waals surface area contributed by atoms with Gasteiger partial charge < -0.3 is 19.3 Å². The topological polar surface area (TPSA) is 59.1 Å². The molecule has 1 heterocycles. The third kappa shape index (κ3) is 8.17. The van der Waals surface area contributed by atoms with Crippen LogP contribution in [0, 0.1) is 11.7 Å². The molecule has 2 amide bonds. The molecule has 202 valence electrons. The molecular weight excluding hydrogens is 495 g/mol. The van der Waals surface area contributed by atoms with Gasteiger partial charge >= 0.3 is 0 Å². The van der Waals surface area contributed by atoms with Crippen LogP contribution >= 0.6 is 11.6 Å². The fraction of sp³-hybridized carbons (Fsp3) is 0.517. The minimum atomic E-state index is -0.480. The number of para-hydroxylation sites is 1. The van der Waals surface area contributed by atoms with E-state index in [2.05, 4.69) is 13.8 Å². The molecule has 1 atom stereocenters. The summed E-state index contributed by atoms with van der Waals surface area (Å²) in [5.41, 5.74) is 0.711. The Labute approximate surface area is 224 Å². The van der Waals surface area contributed by atoms with Crippen molar-refractivity contribution < 1.29 is 23.5 Å². The van der Waals surface area contributed by atoms with Gasteiger partial charge in [-0.25, -0.2) is 4.39 Å². The van der Waals surface area contributed by atoms with Gasteiger partial charge in [0, 0.05) is 37.3 Å². The molecule has 0 fully saturated rings. The van der Waals surface area contributed by atoms with Crippen LogP contribution in [0.5, 0.6) is 5.75 Å². The highest BCUT2D eigenvalue weighted by molar-refractivity contribution is 6.31. The van der Waals surface area contributed by atoms with Crippen molar-refractivity contribution in [3.8, 4) is 5.75 Å². The van der Waals surface area contributed by atoms with E-state index in [1.54, 1.807) is 30.2 Å². The molecule has 0 bridgehead atoms. The van der Waals surface area contributed by atoms with E-state index in [9.17, 15) is 14.0 Å². The predicted molar refractivity (Wildman–Crippen MR) is 144 cm³/mol. The summed E-state index contributed by atoms with van der Waals surface area (Å²) in [4.78, 5) is 30.6. The van der Waals surface area contributed by atoms with Crippen molar-refractivity contribution in [2.45, 2.75) is 52.0 Å². The second-order valence-electron chi connectivity index (χ2n) is 9.90. The lowest BCUT2D eigenvalue weighted by Gasteiger charge is -2.33. The van der Waals surface area contributed by atoms with Crippen molar-refractivity contribution in [3.05, 3.63) is 64.4 Å². The number of carbonyl (C=O) groups excluding carboxylic acids is 2. The molecule has 6 nitrogen and oxygen atoms in total. The molecule has 1 aliphatic heterocycles. The van der Waals surface area contributed by atoms with Gasteiger partial charge in [-0.3, -0.25) is 9.59 Å². The number of fused-ring (bicyclic) bond motifs is 1. The molecule has 0 spiro atoms. The Morgan fingerprint density at radius 3 is 2.62 bits per heavy atom. The summed E-state index contributed by atoms with van der Waals surface area (Å²) in [5, 5.41) is 0.249. The van der Waals surface area contributed by atoms with Crippen LogP contribution in [-0.2, 0) is 16.0 Å². The maximum absolute atomic E-state index is 14.5. The van der Waals surface area contributed by atoms with E-state index in [1.807, 2.05) is 17.0 Å². The van der Waals surface area contributed by atoms with E-state index in [1.165, 1.54) is 12.1 Å². The molecule has 0 aliphatic carbocycles. The van der Waals surface area contributed by atoms with Crippen LogP contribution in [0.25, 0.3) is 0 Å². The number of ether oxygens (including phenoxy) is 2. The number of hydrogen-bond acceptors (Lipinski definition) is 4. The number of carbonyl (C=O) groups is 2. The van der Waals surface area contributed by atoms with Gasteiger partial charge in [-0.15, -0.1) is 0 Å². The number of rotatable bonds is 7. The fourth-order valence-electron chi connectivity index (χ4n) is 4.70. The molecule has 3 rings (SSSR count). The lowest BCUT2D eigenvalue weighted by atomic mass is 10.0. The largest absolute Gasteiger partial charge is 0.491 e. The van der Waals surface area contributed by atoms with Gasteiger partial charge in [0.25, 0.3) is 5.91 Å². The van der Waals surface area contributed by atoms with Crippen LogP contribution in [0.4, 0.5) is 4.39 Å². The van der Waals surface area contributed by atoms with Gasteiger partial charge in [0.2, 0.25) is 5.91 Å². The van der Waals surface area contributed by atoms with E-state index >= 15 is 0 Å². The second-order valence-corrected chi connectivity index (χ2v) is 10.3. The Balaban J connectivity index is 1.90. The van der Waals surface area contributed by atoms with Crippen LogP contribution < -0.4 is 4.74 Å². The third-order valence-electron chi connectivity index (χ3n) is 6.62. The Morgan fingerprint density at radius 1 is 1.14 bits per heavy atom. The first kappa shape index (κ1) is 28.9. The zero-order valence-corrected chi connectivity index (χ0v) is 22.8. The molecule has 37 heavy (non-hydrogen) atoms. The SMILES string of the molecule is COCCN1CCCCCN(C(=O)Cc2c(F)cccc2Cl)[C@@H](CC(C)C)COc2ccccc2C1=O. The highest BCUT2D eigenvalue weighted by Gasteiger charge is 2.28. The minimum absolute atomic E-state index is 0.0885. The minimum Gasteiger partial charge on any atom is -0.491 e. The number of benzene rings is 2. The highest BCUT2D eigenvalue weighted by Crippen LogP contribution is 2.25. The van der Waals surface area contributed by atoms with Crippen LogP contribution in [0.2, 0.25) is 5.02 Å². The van der Waals surface area contributed by atoms with Crippen molar-refractivity contribution >= 4 is 23.4 Å². The lowest BCUT2D eigenvalue weighted by molar-refractivity contribution is -0.134. The Kier molecular flexibility index (Phi) is 11.2. The van der Waals surface area contributed by atoms with E-state index in [0.29, 0.717) is 49.9 Å². The monoisotopic (exact) mass is 532 g/mol. The van der Waals surface area contributed by atoms with E-state index in [4.69, 9.17) is 21.1 Å². The summed E-state index contributed by atoms with van der Waals surface area (Å²) in [6.07, 6.45) is 3.02. The van der Waals surface area contributed by atoms with E-state index in [0.717, 1.165) is 19.3 Å². The molecule has 1 aliphatic rings. The Bertz CT molecular complexity index is 1030. The number of halogens is 2. The predicted octanol–water partition coefficient (Wildman–Crippen LogP) is 5.62. The lowest BCUT2D eigenvalue weighted by Crippen LogP contribution is -2.46. The van der Waals surface area contributed by atoms with Gasteiger partial charge in [0.15, 0.2) is 0 Å². The number of amides is 2. The molecule has 2 aromatic carbocycles. The summed E-state index contributed by atoms with van der Waals surface area (Å²) in [5.74, 6) is 0.0501. The van der Waals surface area contributed by atoms with Gasteiger partial charge in [-0.1, -0.05) is 43.6 Å². The summed E-state index contributed by atoms with van der Waals surface area (Å²) in [6, 6.07) is 11.5. The average Bonchev–Trinajstić information content (AvgIpc) is 2.88. The van der Waals surface area contributed by atoms with Crippen LogP contribution in [0.1, 0.15) is 55.5 Å². The number of hydrogen-bond donors (Lipinski definition) is 0. The van der Waals surface area contributed by atoms with Crippen LogP contribution in [0.15, 0.2) is 42.5 Å². The van der Waals surface area contributed by atoms with Gasteiger partial charge in [0.05, 0.1) is 24.6 Å². The normalized spacial score (nSPS) is 17.5. The zero-order chi connectivity index (χ0) is 26.8. The molecule has 2 aromatic rings. The van der Waals surface area contributed by atoms with Crippen molar-refractivity contribution in [3.63, 3.8) is 0 Å². The van der Waals surface area contributed by atoms with Gasteiger partial charge in [-0.05, 0) is 55.9 Å². The number of nitrogens with zero attached hydrogens (tertiary/aromatic N) is 2. The van der Waals surface area contributed by atoms with Crippen molar-refractivity contribution in [2.75, 3.05) is 40.0 Å². The van der Waals surface area contributed by atoms with E-state index in [-0.39, 0.29) is 41.5 Å². The van der Waals surface area contributed by atoms with Crippen molar-refractivity contribution in [2.24, 2.45) is 5.92 Å². The van der Waals surface area contributed by atoms with Crippen LogP contribution in [-0.4, -0.2) is 67.6 Å². The Hall–Kier alpha value is -2.64. The Morgan fingerprint density at radius 2 is 1.89 bits per heavy atom. The average molecular weight is 533 g/mol. The first-order valence-electron chi connectivity index (χ1n) is 13.0. The molecular formula is C29H38ClFN2O4. The molecule has 0 saturated heterocycles. The maximum atomic E-state index is 14.5. The van der Waals surface area contributed by atoms with Gasteiger partial charge in [-0.2, -0.15) is 0 Å². The highest BCUT2D eigenvalue weighted by atomic mass is 35.5. The smallest absolute Gasteiger partial charge is 0.257 e. The first-order chi connectivity index (χ1) is 17.8.